The average molecular weight is 446 g/mol. The highest BCUT2D eigenvalue weighted by molar-refractivity contribution is 6.24. The first-order chi connectivity index (χ1) is 15.6. The second-order valence-corrected chi connectivity index (χ2v) is 9.60. The number of amides is 2. The van der Waals surface area contributed by atoms with Gasteiger partial charge < -0.3 is 0 Å². The van der Waals surface area contributed by atoms with Gasteiger partial charge in [0, 0.05) is 17.5 Å². The normalized spacial score (nSPS) is 25.7. The number of nitrogens with zero attached hydrogens (tertiary/aromatic N) is 4. The topological polar surface area (TPSA) is 113 Å². The number of benzene rings is 2. The molecule has 2 fully saturated rings. The molecule has 3 aliphatic rings. The Morgan fingerprint density at radius 2 is 1.73 bits per heavy atom. The van der Waals surface area contributed by atoms with E-state index in [2.05, 4.69) is 5.10 Å². The fourth-order valence-electron chi connectivity index (χ4n) is 5.11. The lowest BCUT2D eigenvalue weighted by atomic mass is 9.79. The minimum atomic E-state index is -0.934. The van der Waals surface area contributed by atoms with E-state index in [-0.39, 0.29) is 17.2 Å². The Balaban J connectivity index is 1.66. The molecule has 0 bridgehead atoms. The molecule has 3 heterocycles. The van der Waals surface area contributed by atoms with Gasteiger partial charge in [0.2, 0.25) is 11.8 Å². The Morgan fingerprint density at radius 3 is 2.42 bits per heavy atom. The monoisotopic (exact) mass is 446 g/mol. The molecule has 0 aromatic heterocycles. The molecule has 33 heavy (non-hydrogen) atoms. The minimum absolute atomic E-state index is 0.134. The third-order valence-electron chi connectivity index (χ3n) is 6.60. The van der Waals surface area contributed by atoms with Crippen molar-refractivity contribution in [2.75, 3.05) is 4.90 Å². The number of hydrogen-bond acceptors (Lipinski definition) is 7. The van der Waals surface area contributed by atoms with Gasteiger partial charge in [-0.25, -0.2) is 4.90 Å². The predicted molar refractivity (Wildman–Crippen MR) is 119 cm³/mol. The smallest absolute Gasteiger partial charge is 0.271 e. The van der Waals surface area contributed by atoms with Gasteiger partial charge in [0.25, 0.3) is 5.69 Å². The van der Waals surface area contributed by atoms with Crippen LogP contribution in [0.15, 0.2) is 53.6 Å². The highest BCUT2D eigenvalue weighted by atomic mass is 16.6. The number of hydrazone groups is 1. The van der Waals surface area contributed by atoms with Gasteiger partial charge in [0.15, 0.2) is 5.78 Å². The van der Waals surface area contributed by atoms with Crippen LogP contribution in [0.1, 0.15) is 37.9 Å². The fourth-order valence-corrected chi connectivity index (χ4v) is 5.11. The molecule has 0 saturated carbocycles. The van der Waals surface area contributed by atoms with E-state index in [1.807, 2.05) is 24.3 Å². The number of ketones is 1. The van der Waals surface area contributed by atoms with E-state index in [0.29, 0.717) is 0 Å². The fraction of sp³-hybridized carbons (Fsp3) is 0.333. The Bertz CT molecular complexity index is 1250. The molecule has 2 saturated heterocycles. The van der Waals surface area contributed by atoms with Crippen LogP contribution >= 0.6 is 0 Å². The number of fused-ring (bicyclic) bond motifs is 5. The first kappa shape index (κ1) is 21.0. The number of nitro benzene ring substituents is 1. The summed E-state index contributed by atoms with van der Waals surface area (Å²) in [7, 11) is 0. The summed E-state index contributed by atoms with van der Waals surface area (Å²) in [5.74, 6) is -2.95. The molecular formula is C24H22N4O5. The van der Waals surface area contributed by atoms with Crippen molar-refractivity contribution in [2.24, 2.45) is 22.4 Å². The summed E-state index contributed by atoms with van der Waals surface area (Å²) in [5.41, 5.74) is 0.805. The standard InChI is InChI=1S/C24H22N4O5/c1-24(2,3)21(29)20-18-17(19-16-10-5-4-7-13(16)12-25-27(19)20)22(30)26(23(18)31)14-8-6-9-15(11-14)28(32)33/h4-12,17-20H,1-3H3/t17-,18-,19+,20+/m0/s1. The highest BCUT2D eigenvalue weighted by Crippen LogP contribution is 2.53. The predicted octanol–water partition coefficient (Wildman–Crippen LogP) is 3.09. The van der Waals surface area contributed by atoms with Crippen molar-refractivity contribution in [3.05, 3.63) is 69.8 Å². The van der Waals surface area contributed by atoms with Crippen molar-refractivity contribution in [3.63, 3.8) is 0 Å². The summed E-state index contributed by atoms with van der Waals surface area (Å²) in [4.78, 5) is 52.6. The molecule has 3 aliphatic heterocycles. The van der Waals surface area contributed by atoms with Crippen molar-refractivity contribution in [1.29, 1.82) is 0 Å². The van der Waals surface area contributed by atoms with Gasteiger partial charge in [0.05, 0.1) is 34.7 Å². The third kappa shape index (κ3) is 2.99. The number of carbonyl (C=O) groups is 3. The Morgan fingerprint density at radius 1 is 1.03 bits per heavy atom. The quantitative estimate of drug-likeness (QED) is 0.407. The number of rotatable bonds is 3. The first-order valence-corrected chi connectivity index (χ1v) is 10.7. The van der Waals surface area contributed by atoms with Crippen LogP contribution in [-0.2, 0) is 14.4 Å². The Hall–Kier alpha value is -3.88. The summed E-state index contributed by atoms with van der Waals surface area (Å²) in [5, 5.41) is 17.4. The average Bonchev–Trinajstić information content (AvgIpc) is 3.25. The van der Waals surface area contributed by atoms with Crippen LogP contribution in [0.4, 0.5) is 11.4 Å². The van der Waals surface area contributed by atoms with Crippen LogP contribution in [0, 0.1) is 27.4 Å². The van der Waals surface area contributed by atoms with E-state index in [0.717, 1.165) is 16.0 Å². The molecule has 0 N–H and O–H groups in total. The van der Waals surface area contributed by atoms with Gasteiger partial charge in [-0.15, -0.1) is 0 Å². The Labute approximate surface area is 189 Å². The molecule has 5 rings (SSSR count). The molecule has 168 valence electrons. The van der Waals surface area contributed by atoms with Crippen molar-refractivity contribution in [2.45, 2.75) is 32.9 Å². The molecule has 0 radical (unpaired) electrons. The summed E-state index contributed by atoms with van der Waals surface area (Å²) in [6, 6.07) is 11.4. The second kappa shape index (κ2) is 7.06. The Kier molecular flexibility index (Phi) is 4.49. The number of imide groups is 1. The highest BCUT2D eigenvalue weighted by Gasteiger charge is 2.66. The van der Waals surface area contributed by atoms with Crippen LogP contribution in [-0.4, -0.2) is 39.8 Å². The van der Waals surface area contributed by atoms with Crippen molar-refractivity contribution in [3.8, 4) is 0 Å². The summed E-state index contributed by atoms with van der Waals surface area (Å²) >= 11 is 0. The lowest BCUT2D eigenvalue weighted by Gasteiger charge is -2.35. The van der Waals surface area contributed by atoms with Gasteiger partial charge in [-0.1, -0.05) is 51.1 Å². The number of carbonyl (C=O) groups excluding carboxylic acids is 3. The van der Waals surface area contributed by atoms with Gasteiger partial charge in [0.1, 0.15) is 6.04 Å². The van der Waals surface area contributed by atoms with E-state index in [1.165, 1.54) is 24.3 Å². The largest absolute Gasteiger partial charge is 0.297 e. The summed E-state index contributed by atoms with van der Waals surface area (Å²) < 4.78 is 0. The number of hydrogen-bond donors (Lipinski definition) is 0. The molecule has 0 unspecified atom stereocenters. The van der Waals surface area contributed by atoms with Crippen molar-refractivity contribution >= 4 is 35.2 Å². The summed E-state index contributed by atoms with van der Waals surface area (Å²) in [6.45, 7) is 5.33. The van der Waals surface area contributed by atoms with E-state index in [1.54, 1.807) is 32.0 Å². The van der Waals surface area contributed by atoms with E-state index in [9.17, 15) is 24.5 Å². The maximum absolute atomic E-state index is 13.7. The molecule has 0 spiro atoms. The maximum Gasteiger partial charge on any atom is 0.271 e. The molecule has 2 aromatic carbocycles. The zero-order chi connectivity index (χ0) is 23.7. The van der Waals surface area contributed by atoms with Crippen LogP contribution in [0.2, 0.25) is 0 Å². The number of nitro groups is 1. The molecule has 9 nitrogen and oxygen atoms in total. The van der Waals surface area contributed by atoms with Gasteiger partial charge in [-0.2, -0.15) is 5.10 Å². The molecular weight excluding hydrogens is 424 g/mol. The number of anilines is 1. The number of Topliss-reactive ketones (excluding diaryl/α,β-unsaturated/α-hetero) is 1. The zero-order valence-electron chi connectivity index (χ0n) is 18.3. The minimum Gasteiger partial charge on any atom is -0.297 e. The molecule has 9 heteroatoms. The van der Waals surface area contributed by atoms with Crippen LogP contribution < -0.4 is 4.90 Å². The lowest BCUT2D eigenvalue weighted by molar-refractivity contribution is -0.384. The van der Waals surface area contributed by atoms with Gasteiger partial charge in [-0.05, 0) is 17.2 Å². The maximum atomic E-state index is 13.7. The van der Waals surface area contributed by atoms with E-state index >= 15 is 0 Å². The second-order valence-electron chi connectivity index (χ2n) is 9.60. The summed E-state index contributed by atoms with van der Waals surface area (Å²) in [6.07, 6.45) is 1.66. The van der Waals surface area contributed by atoms with E-state index < -0.39 is 46.1 Å². The van der Waals surface area contributed by atoms with Crippen molar-refractivity contribution in [1.82, 2.24) is 5.01 Å². The SMILES string of the molecule is CC(C)(C)C(=O)[C@H]1[C@H]2C(=O)N(c3cccc([N+](=O)[O-])c3)C(=O)[C@@H]2[C@H]2c3ccccc3C=NN21. The first-order valence-electron chi connectivity index (χ1n) is 10.7. The van der Waals surface area contributed by atoms with Crippen LogP contribution in [0.25, 0.3) is 0 Å². The molecule has 4 atom stereocenters. The zero-order valence-corrected chi connectivity index (χ0v) is 18.3. The third-order valence-corrected chi connectivity index (χ3v) is 6.60. The van der Waals surface area contributed by atoms with Gasteiger partial charge >= 0.3 is 0 Å². The van der Waals surface area contributed by atoms with Crippen molar-refractivity contribution < 1.29 is 19.3 Å². The molecule has 0 aliphatic carbocycles. The number of non-ortho nitro benzene ring substituents is 1. The van der Waals surface area contributed by atoms with Crippen LogP contribution in [0.5, 0.6) is 0 Å². The lowest BCUT2D eigenvalue weighted by Crippen LogP contribution is -2.48. The molecule has 2 amide bonds. The van der Waals surface area contributed by atoms with Crippen LogP contribution in [0.3, 0.4) is 0 Å². The molecule has 2 aromatic rings. The van der Waals surface area contributed by atoms with E-state index in [4.69, 9.17) is 0 Å². The van der Waals surface area contributed by atoms with Gasteiger partial charge in [-0.3, -0.25) is 29.5 Å².